The Balaban J connectivity index is 2.19. The number of allylic oxidation sites excluding steroid dienone is 1. The number of aliphatic hydroxyl groups excluding tert-OH is 2. The first-order valence-electron chi connectivity index (χ1n) is 9.41. The molecule has 1 aromatic rings. The van der Waals surface area contributed by atoms with E-state index in [4.69, 9.17) is 0 Å². The number of sulfone groups is 1. The highest BCUT2D eigenvalue weighted by Crippen LogP contribution is 2.35. The zero-order valence-electron chi connectivity index (χ0n) is 16.2. The second-order valence-corrected chi connectivity index (χ2v) is 9.60. The number of phenols is 1. The Labute approximate surface area is 162 Å². The molecule has 0 unspecified atom stereocenters. The number of rotatable bonds is 8. The third-order valence-corrected chi connectivity index (χ3v) is 7.15. The largest absolute Gasteiger partial charge is 0.508 e. The first kappa shape index (κ1) is 21.7. The quantitative estimate of drug-likeness (QED) is 0.589. The minimum Gasteiger partial charge on any atom is -0.508 e. The Hall–Kier alpha value is -1.63. The van der Waals surface area contributed by atoms with Gasteiger partial charge in [-0.15, -0.1) is 0 Å². The zero-order chi connectivity index (χ0) is 20.2. The monoisotopic (exact) mass is 394 g/mol. The molecular weight excluding hydrogens is 364 g/mol. The second kappa shape index (κ2) is 9.04. The van der Waals surface area contributed by atoms with E-state index in [2.05, 4.69) is 0 Å². The van der Waals surface area contributed by atoms with E-state index in [9.17, 15) is 23.7 Å². The fourth-order valence-corrected chi connectivity index (χ4v) is 5.68. The van der Waals surface area contributed by atoms with Gasteiger partial charge in [0.15, 0.2) is 9.84 Å². The maximum Gasteiger partial charge on any atom is 0.163 e. The first-order valence-corrected chi connectivity index (χ1v) is 11.1. The van der Waals surface area contributed by atoms with Gasteiger partial charge in [-0.2, -0.15) is 0 Å². The number of hydrogen-bond acceptors (Lipinski definition) is 5. The van der Waals surface area contributed by atoms with E-state index in [1.54, 1.807) is 18.2 Å². The summed E-state index contributed by atoms with van der Waals surface area (Å²) >= 11 is 0. The Morgan fingerprint density at radius 3 is 2.59 bits per heavy atom. The van der Waals surface area contributed by atoms with Crippen LogP contribution in [0.15, 0.2) is 41.0 Å². The summed E-state index contributed by atoms with van der Waals surface area (Å²) in [7, 11) is -3.45. The van der Waals surface area contributed by atoms with Crippen molar-refractivity contribution in [1.29, 1.82) is 0 Å². The van der Waals surface area contributed by atoms with Crippen LogP contribution in [-0.2, 0) is 9.84 Å². The van der Waals surface area contributed by atoms with Gasteiger partial charge in [-0.3, -0.25) is 0 Å². The molecule has 0 bridgehead atoms. The Bertz CT molecular complexity index is 821. The molecule has 0 aliphatic carbocycles. The summed E-state index contributed by atoms with van der Waals surface area (Å²) in [5, 5.41) is 29.0. The molecule has 0 amide bonds. The smallest absolute Gasteiger partial charge is 0.163 e. The lowest BCUT2D eigenvalue weighted by molar-refractivity contribution is 0.187. The normalized spacial score (nSPS) is 21.1. The maximum absolute atomic E-state index is 12.3. The van der Waals surface area contributed by atoms with Crippen LogP contribution in [0.3, 0.4) is 0 Å². The van der Waals surface area contributed by atoms with E-state index in [1.807, 2.05) is 32.9 Å². The molecule has 1 heterocycles. The Morgan fingerprint density at radius 2 is 2.04 bits per heavy atom. The lowest BCUT2D eigenvalue weighted by Gasteiger charge is -2.20. The summed E-state index contributed by atoms with van der Waals surface area (Å²) < 4.78 is 24.7. The number of aliphatic hydroxyl groups is 2. The molecule has 2 rings (SSSR count). The molecule has 5 nitrogen and oxygen atoms in total. The molecule has 150 valence electrons. The summed E-state index contributed by atoms with van der Waals surface area (Å²) in [6.07, 6.45) is 2.89. The predicted molar refractivity (Wildman–Crippen MR) is 108 cm³/mol. The van der Waals surface area contributed by atoms with Crippen LogP contribution in [-0.4, -0.2) is 47.5 Å². The van der Waals surface area contributed by atoms with E-state index in [-0.39, 0.29) is 17.4 Å². The van der Waals surface area contributed by atoms with Gasteiger partial charge in [-0.25, -0.2) is 8.42 Å². The van der Waals surface area contributed by atoms with Gasteiger partial charge in [0.2, 0.25) is 0 Å². The molecular formula is C21H30O5S. The lowest BCUT2D eigenvalue weighted by atomic mass is 9.90. The van der Waals surface area contributed by atoms with E-state index in [0.29, 0.717) is 18.4 Å². The average molecular weight is 395 g/mol. The molecule has 3 N–H and O–H groups in total. The van der Waals surface area contributed by atoms with Crippen molar-refractivity contribution in [3.63, 3.8) is 0 Å². The minimum atomic E-state index is -3.45. The Morgan fingerprint density at radius 1 is 1.33 bits per heavy atom. The van der Waals surface area contributed by atoms with Crippen LogP contribution in [0.1, 0.15) is 45.6 Å². The number of benzene rings is 1. The highest BCUT2D eigenvalue weighted by Gasteiger charge is 2.41. The summed E-state index contributed by atoms with van der Waals surface area (Å²) in [4.78, 5) is 0. The average Bonchev–Trinajstić information content (AvgIpc) is 2.89. The SMILES string of the molecule is CC/C(=C\c1cccc(O)c1)CC[C@@H](O)C1=C(C(C)C)CS(=O)(=O)[C@H]1CO. The molecule has 0 aromatic heterocycles. The van der Waals surface area contributed by atoms with E-state index >= 15 is 0 Å². The minimum absolute atomic E-state index is 0.00876. The molecule has 1 aliphatic heterocycles. The van der Waals surface area contributed by atoms with Crippen LogP contribution in [0.4, 0.5) is 0 Å². The third kappa shape index (κ3) is 5.21. The highest BCUT2D eigenvalue weighted by molar-refractivity contribution is 7.92. The standard InChI is InChI=1S/C21H30O5S/c1-4-15(10-16-6-5-7-17(23)11-16)8-9-19(24)21-18(14(2)3)13-27(25,26)20(21)12-22/h5-7,10-11,14,19-20,22-24H,4,8-9,12-13H2,1-3H3/b15-10+/t19-,20+/m1/s1. The van der Waals surface area contributed by atoms with Crippen molar-refractivity contribution < 1.29 is 23.7 Å². The fraction of sp³-hybridized carbons (Fsp3) is 0.524. The van der Waals surface area contributed by atoms with Crippen LogP contribution in [0, 0.1) is 5.92 Å². The van der Waals surface area contributed by atoms with Crippen molar-refractivity contribution in [2.75, 3.05) is 12.4 Å². The van der Waals surface area contributed by atoms with Crippen LogP contribution < -0.4 is 0 Å². The van der Waals surface area contributed by atoms with Crippen molar-refractivity contribution in [1.82, 2.24) is 0 Å². The first-order chi connectivity index (χ1) is 12.7. The molecule has 0 spiro atoms. The van der Waals surface area contributed by atoms with E-state index in [0.717, 1.165) is 23.1 Å². The van der Waals surface area contributed by atoms with Crippen molar-refractivity contribution >= 4 is 15.9 Å². The van der Waals surface area contributed by atoms with Crippen LogP contribution >= 0.6 is 0 Å². The fourth-order valence-electron chi connectivity index (χ4n) is 3.62. The van der Waals surface area contributed by atoms with Gasteiger partial charge in [-0.05, 0) is 54.0 Å². The van der Waals surface area contributed by atoms with Crippen molar-refractivity contribution in [3.05, 3.63) is 46.5 Å². The molecule has 0 fully saturated rings. The molecule has 1 aromatic carbocycles. The van der Waals surface area contributed by atoms with E-state index < -0.39 is 27.8 Å². The topological polar surface area (TPSA) is 94.8 Å². The van der Waals surface area contributed by atoms with E-state index in [1.165, 1.54) is 0 Å². The summed E-state index contributed by atoms with van der Waals surface area (Å²) in [6, 6.07) is 6.97. The number of phenolic OH excluding ortho intramolecular Hbond substituents is 1. The lowest BCUT2D eigenvalue weighted by Crippen LogP contribution is -2.29. The third-order valence-electron chi connectivity index (χ3n) is 5.16. The molecule has 0 saturated heterocycles. The van der Waals surface area contributed by atoms with Gasteiger partial charge in [0, 0.05) is 0 Å². The molecule has 0 radical (unpaired) electrons. The van der Waals surface area contributed by atoms with Gasteiger partial charge >= 0.3 is 0 Å². The van der Waals surface area contributed by atoms with Gasteiger partial charge in [0.1, 0.15) is 11.0 Å². The number of hydrogen-bond donors (Lipinski definition) is 3. The van der Waals surface area contributed by atoms with Gasteiger partial charge in [0.05, 0.1) is 18.5 Å². The summed E-state index contributed by atoms with van der Waals surface area (Å²) in [5.74, 6) is 0.129. The molecule has 27 heavy (non-hydrogen) atoms. The summed E-state index contributed by atoms with van der Waals surface area (Å²) in [6.45, 7) is 5.36. The van der Waals surface area contributed by atoms with Crippen molar-refractivity contribution in [2.45, 2.75) is 51.4 Å². The van der Waals surface area contributed by atoms with Crippen molar-refractivity contribution in [2.24, 2.45) is 5.92 Å². The van der Waals surface area contributed by atoms with Gasteiger partial charge in [-0.1, -0.05) is 44.6 Å². The van der Waals surface area contributed by atoms with Crippen molar-refractivity contribution in [3.8, 4) is 5.75 Å². The number of aromatic hydroxyl groups is 1. The van der Waals surface area contributed by atoms with Crippen LogP contribution in [0.5, 0.6) is 5.75 Å². The predicted octanol–water partition coefficient (Wildman–Crippen LogP) is 3.07. The van der Waals surface area contributed by atoms with Crippen LogP contribution in [0.2, 0.25) is 0 Å². The van der Waals surface area contributed by atoms with Crippen LogP contribution in [0.25, 0.3) is 6.08 Å². The zero-order valence-corrected chi connectivity index (χ0v) is 17.0. The second-order valence-electron chi connectivity index (χ2n) is 7.42. The van der Waals surface area contributed by atoms with Gasteiger partial charge < -0.3 is 15.3 Å². The molecule has 0 saturated carbocycles. The molecule has 1 aliphatic rings. The highest BCUT2D eigenvalue weighted by atomic mass is 32.2. The summed E-state index contributed by atoms with van der Waals surface area (Å²) in [5.41, 5.74) is 3.21. The Kier molecular flexibility index (Phi) is 7.25. The van der Waals surface area contributed by atoms with Gasteiger partial charge in [0.25, 0.3) is 0 Å². The maximum atomic E-state index is 12.3. The molecule has 2 atom stereocenters. The molecule has 6 heteroatoms.